The first-order valence-corrected chi connectivity index (χ1v) is 15.9. The van der Waals surface area contributed by atoms with Gasteiger partial charge in [-0.05, 0) is 55.5 Å². The van der Waals surface area contributed by atoms with Crippen LogP contribution in [0.2, 0.25) is 0 Å². The lowest BCUT2D eigenvalue weighted by molar-refractivity contribution is -0.137. The number of phenols is 1. The van der Waals surface area contributed by atoms with Crippen molar-refractivity contribution in [3.05, 3.63) is 104 Å². The fourth-order valence-corrected chi connectivity index (χ4v) is 8.43. The van der Waals surface area contributed by atoms with Crippen molar-refractivity contribution in [1.29, 1.82) is 0 Å². The average Bonchev–Trinajstić information content (AvgIpc) is 3.47. The number of anilines is 2. The van der Waals surface area contributed by atoms with Crippen LogP contribution >= 0.6 is 23.1 Å². The van der Waals surface area contributed by atoms with Gasteiger partial charge in [0.2, 0.25) is 17.7 Å². The Balaban J connectivity index is 1.35. The van der Waals surface area contributed by atoms with E-state index >= 15 is 0 Å². The van der Waals surface area contributed by atoms with E-state index < -0.39 is 63.9 Å². The molecule has 1 saturated heterocycles. The highest BCUT2D eigenvalue weighted by Gasteiger charge is 2.57. The van der Waals surface area contributed by atoms with Crippen LogP contribution in [-0.4, -0.2) is 45.2 Å². The van der Waals surface area contributed by atoms with Crippen LogP contribution < -0.4 is 15.1 Å². The molecule has 0 aliphatic carbocycles. The number of ether oxygens (including phenoxy) is 1. The molecule has 15 heteroatoms. The van der Waals surface area contributed by atoms with E-state index in [9.17, 15) is 42.3 Å². The molecule has 3 amide bonds. The minimum Gasteiger partial charge on any atom is -0.508 e. The van der Waals surface area contributed by atoms with E-state index in [1.165, 1.54) is 41.0 Å². The Morgan fingerprint density at radius 3 is 2.38 bits per heavy atom. The standard InChI is InChI=1S/C32H24F3N3O7S2/c1-2-45-30(43)16-10-12-18(13-11-16)36-22(40)15-37-29-26(47-31(37)44)23(20-8-3-4-9-21(20)39)24-25(46-29)28(42)38(27(24)41)19-7-5-6-17(14-19)32(33,34)35/h3-14,23-25,39H,2,15H2,1H3,(H,36,40). The lowest BCUT2D eigenvalue weighted by Gasteiger charge is -2.31. The number of nitrogens with zero attached hydrogens (tertiary/aromatic N) is 2. The summed E-state index contributed by atoms with van der Waals surface area (Å²) in [6.07, 6.45) is -4.72. The van der Waals surface area contributed by atoms with Crippen molar-refractivity contribution in [3.8, 4) is 5.75 Å². The molecular weight excluding hydrogens is 659 g/mol. The molecule has 10 nitrogen and oxygen atoms in total. The zero-order valence-electron chi connectivity index (χ0n) is 24.3. The number of phenolic OH excluding ortho intramolecular Hbond substituents is 1. The number of thiazole rings is 1. The number of halogens is 3. The second-order valence-electron chi connectivity index (χ2n) is 10.6. The number of alkyl halides is 3. The summed E-state index contributed by atoms with van der Waals surface area (Å²) in [5, 5.41) is 12.5. The number of imide groups is 1. The third-order valence-electron chi connectivity index (χ3n) is 7.73. The molecule has 3 atom stereocenters. The minimum absolute atomic E-state index is 0.199. The molecule has 0 saturated carbocycles. The van der Waals surface area contributed by atoms with Crippen LogP contribution in [0.25, 0.3) is 0 Å². The number of fused-ring (bicyclic) bond motifs is 2. The number of aromatic nitrogens is 1. The van der Waals surface area contributed by atoms with E-state index in [1.54, 1.807) is 25.1 Å². The molecule has 2 aliphatic rings. The molecule has 3 unspecified atom stereocenters. The summed E-state index contributed by atoms with van der Waals surface area (Å²) in [5.41, 5.74) is -0.423. The van der Waals surface area contributed by atoms with Gasteiger partial charge < -0.3 is 15.2 Å². The molecular formula is C32H24F3N3O7S2. The number of carbonyl (C=O) groups excluding carboxylic acids is 4. The molecule has 1 aromatic heterocycles. The Morgan fingerprint density at radius 2 is 1.70 bits per heavy atom. The molecule has 0 spiro atoms. The van der Waals surface area contributed by atoms with Crippen molar-refractivity contribution in [1.82, 2.24) is 4.57 Å². The summed E-state index contributed by atoms with van der Waals surface area (Å²) in [5.74, 6) is -5.07. The van der Waals surface area contributed by atoms with Gasteiger partial charge in [0.1, 0.15) is 17.5 Å². The average molecular weight is 684 g/mol. The number of hydrogen-bond donors (Lipinski definition) is 2. The summed E-state index contributed by atoms with van der Waals surface area (Å²) < 4.78 is 46.7. The number of para-hydroxylation sites is 1. The number of rotatable bonds is 7. The highest BCUT2D eigenvalue weighted by atomic mass is 32.2. The number of benzene rings is 3. The SMILES string of the molecule is CCOC(=O)c1ccc(NC(=O)Cn2c3c(sc2=O)C(c2ccccc2O)C2C(=O)N(c4cccc(C(F)(F)F)c4)C(=O)C2S3)cc1. The second kappa shape index (κ2) is 12.4. The normalized spacial score (nSPS) is 18.9. The first kappa shape index (κ1) is 32.1. The summed E-state index contributed by atoms with van der Waals surface area (Å²) in [6, 6.07) is 15.9. The number of amides is 3. The maximum Gasteiger partial charge on any atom is 0.416 e. The molecule has 3 aromatic carbocycles. The number of thioether (sulfide) groups is 1. The van der Waals surface area contributed by atoms with Crippen molar-refractivity contribution in [2.24, 2.45) is 5.92 Å². The lowest BCUT2D eigenvalue weighted by Crippen LogP contribution is -2.33. The number of esters is 1. The zero-order valence-corrected chi connectivity index (χ0v) is 25.9. The van der Waals surface area contributed by atoms with Crippen LogP contribution in [0.4, 0.5) is 24.5 Å². The largest absolute Gasteiger partial charge is 0.508 e. The fourth-order valence-electron chi connectivity index (χ4n) is 5.66. The van der Waals surface area contributed by atoms with Gasteiger partial charge in [-0.1, -0.05) is 47.4 Å². The fraction of sp³-hybridized carbons (Fsp3) is 0.219. The number of hydrogen-bond acceptors (Lipinski definition) is 9. The van der Waals surface area contributed by atoms with Gasteiger partial charge in [0.15, 0.2) is 0 Å². The monoisotopic (exact) mass is 683 g/mol. The predicted octanol–water partition coefficient (Wildman–Crippen LogP) is 5.25. The predicted molar refractivity (Wildman–Crippen MR) is 167 cm³/mol. The van der Waals surface area contributed by atoms with Crippen LogP contribution in [0.3, 0.4) is 0 Å². The van der Waals surface area contributed by atoms with E-state index in [0.717, 1.165) is 46.2 Å². The second-order valence-corrected chi connectivity index (χ2v) is 12.8. The Labute approximate surface area is 272 Å². The maximum absolute atomic E-state index is 13.9. The van der Waals surface area contributed by atoms with Crippen LogP contribution in [0, 0.1) is 5.92 Å². The number of carbonyl (C=O) groups is 4. The Bertz CT molecular complexity index is 1970. The van der Waals surface area contributed by atoms with E-state index in [0.29, 0.717) is 10.6 Å². The van der Waals surface area contributed by atoms with Gasteiger partial charge in [-0.25, -0.2) is 9.69 Å². The van der Waals surface area contributed by atoms with E-state index in [4.69, 9.17) is 4.74 Å². The van der Waals surface area contributed by atoms with Gasteiger partial charge in [0, 0.05) is 22.0 Å². The first-order valence-electron chi connectivity index (χ1n) is 14.2. The number of aromatic hydroxyl groups is 1. The zero-order chi connectivity index (χ0) is 33.6. The van der Waals surface area contributed by atoms with Gasteiger partial charge in [0.25, 0.3) is 0 Å². The highest BCUT2D eigenvalue weighted by Crippen LogP contribution is 2.55. The summed E-state index contributed by atoms with van der Waals surface area (Å²) in [6.45, 7) is 1.40. The molecule has 0 bridgehead atoms. The topological polar surface area (TPSA) is 135 Å². The van der Waals surface area contributed by atoms with Crippen molar-refractivity contribution >= 4 is 58.2 Å². The molecule has 47 heavy (non-hydrogen) atoms. The van der Waals surface area contributed by atoms with Crippen LogP contribution in [0.15, 0.2) is 82.6 Å². The molecule has 4 aromatic rings. The van der Waals surface area contributed by atoms with E-state index in [1.807, 2.05) is 0 Å². The third kappa shape index (κ3) is 5.91. The summed E-state index contributed by atoms with van der Waals surface area (Å²) >= 11 is 1.64. The van der Waals surface area contributed by atoms with Crippen LogP contribution in [-0.2, 0) is 31.8 Å². The lowest BCUT2D eigenvalue weighted by atomic mass is 9.82. The first-order chi connectivity index (χ1) is 22.4. The van der Waals surface area contributed by atoms with Crippen LogP contribution in [0.5, 0.6) is 5.75 Å². The van der Waals surface area contributed by atoms with Crippen molar-refractivity contribution in [2.75, 3.05) is 16.8 Å². The Kier molecular flexibility index (Phi) is 8.44. The van der Waals surface area contributed by atoms with E-state index in [2.05, 4.69) is 5.32 Å². The Morgan fingerprint density at radius 1 is 0.979 bits per heavy atom. The van der Waals surface area contributed by atoms with E-state index in [-0.39, 0.29) is 34.2 Å². The smallest absolute Gasteiger partial charge is 0.416 e. The van der Waals surface area contributed by atoms with Gasteiger partial charge in [-0.2, -0.15) is 13.2 Å². The van der Waals surface area contributed by atoms with Gasteiger partial charge in [-0.15, -0.1) is 0 Å². The molecule has 3 heterocycles. The van der Waals surface area contributed by atoms with Crippen molar-refractivity contribution in [2.45, 2.75) is 35.8 Å². The minimum atomic E-state index is -4.72. The molecule has 2 N–H and O–H groups in total. The molecule has 1 fully saturated rings. The van der Waals surface area contributed by atoms with Crippen LogP contribution in [0.1, 0.15) is 39.2 Å². The quantitative estimate of drug-likeness (QED) is 0.200. The summed E-state index contributed by atoms with van der Waals surface area (Å²) in [4.78, 5) is 66.6. The van der Waals surface area contributed by atoms with Gasteiger partial charge >= 0.3 is 17.0 Å². The molecule has 6 rings (SSSR count). The highest BCUT2D eigenvalue weighted by molar-refractivity contribution is 8.00. The van der Waals surface area contributed by atoms with Crippen molar-refractivity contribution in [3.63, 3.8) is 0 Å². The molecule has 0 radical (unpaired) electrons. The maximum atomic E-state index is 13.9. The van der Waals surface area contributed by atoms with Gasteiger partial charge in [-0.3, -0.25) is 23.7 Å². The summed E-state index contributed by atoms with van der Waals surface area (Å²) in [7, 11) is 0. The number of nitrogens with one attached hydrogen (secondary N) is 1. The Hall–Kier alpha value is -4.89. The molecule has 242 valence electrons. The third-order valence-corrected chi connectivity index (χ3v) is 10.3. The molecule has 2 aliphatic heterocycles. The van der Waals surface area contributed by atoms with Crippen molar-refractivity contribution < 1.29 is 42.2 Å². The van der Waals surface area contributed by atoms with Gasteiger partial charge in [0.05, 0.1) is 34.4 Å².